The van der Waals surface area contributed by atoms with E-state index >= 15 is 0 Å². The summed E-state index contributed by atoms with van der Waals surface area (Å²) in [7, 11) is 2.00. The lowest BCUT2D eigenvalue weighted by Gasteiger charge is -2.27. The van der Waals surface area contributed by atoms with E-state index in [0.717, 1.165) is 11.1 Å². The van der Waals surface area contributed by atoms with Crippen LogP contribution in [0.1, 0.15) is 23.0 Å². The number of aromatic nitrogens is 3. The van der Waals surface area contributed by atoms with Gasteiger partial charge in [0, 0.05) is 31.3 Å². The molecule has 0 unspecified atom stereocenters. The van der Waals surface area contributed by atoms with E-state index in [4.69, 9.17) is 0 Å². The van der Waals surface area contributed by atoms with Gasteiger partial charge in [-0.15, -0.1) is 0 Å². The molecule has 0 fully saturated rings. The van der Waals surface area contributed by atoms with Crippen LogP contribution in [-0.4, -0.2) is 26.9 Å². The van der Waals surface area contributed by atoms with Crippen molar-refractivity contribution in [1.29, 1.82) is 0 Å². The van der Waals surface area contributed by atoms with Crippen LogP contribution in [0.3, 0.4) is 0 Å². The lowest BCUT2D eigenvalue weighted by molar-refractivity contribution is 0.261. The fraction of sp³-hybridized carbons (Fsp3) is 0.167. The molecule has 1 aromatic carbocycles. The lowest BCUT2D eigenvalue weighted by Crippen LogP contribution is -2.26. The smallest absolute Gasteiger partial charge is 0.149 e. The van der Waals surface area contributed by atoms with E-state index in [1.165, 1.54) is 12.1 Å². The van der Waals surface area contributed by atoms with E-state index in [-0.39, 0.29) is 11.9 Å². The Morgan fingerprint density at radius 3 is 2.26 bits per heavy atom. The van der Waals surface area contributed by atoms with Crippen molar-refractivity contribution in [3.63, 3.8) is 0 Å². The summed E-state index contributed by atoms with van der Waals surface area (Å²) in [6.45, 7) is 0.711. The molecule has 0 aliphatic carbocycles. The average Bonchev–Trinajstić information content (AvgIpc) is 2.59. The van der Waals surface area contributed by atoms with Crippen LogP contribution in [0.2, 0.25) is 0 Å². The Morgan fingerprint density at radius 1 is 0.957 bits per heavy atom. The monoisotopic (exact) mass is 308 g/mol. The molecule has 2 aromatic heterocycles. The summed E-state index contributed by atoms with van der Waals surface area (Å²) >= 11 is 0. The fourth-order valence-corrected chi connectivity index (χ4v) is 2.57. The molecule has 5 heteroatoms. The molecule has 2 heterocycles. The molecule has 0 radical (unpaired) electrons. The molecule has 116 valence electrons. The molecule has 0 aliphatic heterocycles. The van der Waals surface area contributed by atoms with Gasteiger partial charge in [-0.1, -0.05) is 12.1 Å². The highest BCUT2D eigenvalue weighted by Crippen LogP contribution is 2.26. The highest BCUT2D eigenvalue weighted by atomic mass is 19.1. The number of hydrogen-bond acceptors (Lipinski definition) is 4. The topological polar surface area (TPSA) is 41.9 Å². The quantitative estimate of drug-likeness (QED) is 0.726. The zero-order chi connectivity index (χ0) is 16.1. The third-order valence-corrected chi connectivity index (χ3v) is 3.64. The van der Waals surface area contributed by atoms with Crippen molar-refractivity contribution in [2.75, 3.05) is 7.05 Å². The number of rotatable bonds is 5. The Labute approximate surface area is 134 Å². The molecule has 0 bridgehead atoms. The Balaban J connectivity index is 1.93. The summed E-state index contributed by atoms with van der Waals surface area (Å²) in [6, 6.07) is 12.1. The first kappa shape index (κ1) is 15.2. The van der Waals surface area contributed by atoms with Crippen molar-refractivity contribution in [3.8, 4) is 0 Å². The second-order valence-corrected chi connectivity index (χ2v) is 5.33. The van der Waals surface area contributed by atoms with E-state index in [2.05, 4.69) is 19.9 Å². The van der Waals surface area contributed by atoms with E-state index in [1.54, 1.807) is 43.0 Å². The van der Waals surface area contributed by atoms with Crippen LogP contribution in [0.5, 0.6) is 0 Å². The van der Waals surface area contributed by atoms with Crippen molar-refractivity contribution in [1.82, 2.24) is 19.9 Å². The average molecular weight is 308 g/mol. The SMILES string of the molecule is CN(Cc1ccncc1)[C@H](c1ccc(F)cc1)c1ncccn1. The second kappa shape index (κ2) is 7.07. The molecular weight excluding hydrogens is 291 g/mol. The van der Waals surface area contributed by atoms with Gasteiger partial charge in [0.1, 0.15) is 11.6 Å². The predicted octanol–water partition coefficient (Wildman–Crippen LogP) is 3.23. The number of benzene rings is 1. The molecule has 0 aliphatic rings. The summed E-state index contributed by atoms with van der Waals surface area (Å²) < 4.78 is 13.2. The van der Waals surface area contributed by atoms with Crippen molar-refractivity contribution < 1.29 is 4.39 Å². The maximum absolute atomic E-state index is 13.2. The molecule has 3 rings (SSSR count). The van der Waals surface area contributed by atoms with Crippen LogP contribution in [0.25, 0.3) is 0 Å². The number of nitrogens with zero attached hydrogens (tertiary/aromatic N) is 4. The summed E-state index contributed by atoms with van der Waals surface area (Å²) in [6.07, 6.45) is 6.99. The minimum atomic E-state index is -0.252. The molecule has 23 heavy (non-hydrogen) atoms. The van der Waals surface area contributed by atoms with Crippen LogP contribution in [0, 0.1) is 5.82 Å². The summed E-state index contributed by atoms with van der Waals surface area (Å²) in [5.41, 5.74) is 2.10. The first-order valence-corrected chi connectivity index (χ1v) is 7.35. The molecule has 4 nitrogen and oxygen atoms in total. The van der Waals surface area contributed by atoms with E-state index in [9.17, 15) is 4.39 Å². The van der Waals surface area contributed by atoms with E-state index in [1.807, 2.05) is 19.2 Å². The maximum Gasteiger partial charge on any atom is 0.149 e. The van der Waals surface area contributed by atoms with Crippen molar-refractivity contribution >= 4 is 0 Å². The van der Waals surface area contributed by atoms with Crippen LogP contribution >= 0.6 is 0 Å². The zero-order valence-electron chi connectivity index (χ0n) is 12.8. The van der Waals surface area contributed by atoms with Gasteiger partial charge in [-0.05, 0) is 48.5 Å². The third kappa shape index (κ3) is 3.76. The fourth-order valence-electron chi connectivity index (χ4n) is 2.57. The molecule has 1 atom stereocenters. The summed E-state index contributed by atoms with van der Waals surface area (Å²) in [5.74, 6) is 0.439. The highest BCUT2D eigenvalue weighted by Gasteiger charge is 2.22. The van der Waals surface area contributed by atoms with Gasteiger partial charge in [0.05, 0.1) is 6.04 Å². The van der Waals surface area contributed by atoms with Crippen LogP contribution in [0.15, 0.2) is 67.3 Å². The molecule has 0 spiro atoms. The standard InChI is InChI=1S/C18H17FN4/c1-23(13-14-7-11-20-12-8-14)17(18-21-9-2-10-22-18)15-3-5-16(19)6-4-15/h2-12,17H,13H2,1H3/t17-/m1/s1. The van der Waals surface area contributed by atoms with Crippen LogP contribution < -0.4 is 0 Å². The van der Waals surface area contributed by atoms with Crippen LogP contribution in [-0.2, 0) is 6.54 Å². The van der Waals surface area contributed by atoms with E-state index < -0.39 is 0 Å². The van der Waals surface area contributed by atoms with Crippen LogP contribution in [0.4, 0.5) is 4.39 Å². The van der Waals surface area contributed by atoms with Gasteiger partial charge in [-0.3, -0.25) is 9.88 Å². The zero-order valence-corrected chi connectivity index (χ0v) is 12.8. The van der Waals surface area contributed by atoms with Crippen molar-refractivity contribution in [3.05, 3.63) is 90.0 Å². The Kier molecular flexibility index (Phi) is 4.68. The molecular formula is C18H17FN4. The minimum Gasteiger partial charge on any atom is -0.289 e. The lowest BCUT2D eigenvalue weighted by atomic mass is 10.0. The molecule has 0 saturated carbocycles. The van der Waals surface area contributed by atoms with Gasteiger partial charge >= 0.3 is 0 Å². The summed E-state index contributed by atoms with van der Waals surface area (Å²) in [4.78, 5) is 14.9. The Morgan fingerprint density at radius 2 is 1.61 bits per heavy atom. The largest absolute Gasteiger partial charge is 0.289 e. The first-order valence-electron chi connectivity index (χ1n) is 7.35. The van der Waals surface area contributed by atoms with Gasteiger partial charge in [0.25, 0.3) is 0 Å². The van der Waals surface area contributed by atoms with Gasteiger partial charge in [0.15, 0.2) is 0 Å². The normalized spacial score (nSPS) is 12.3. The van der Waals surface area contributed by atoms with Crippen molar-refractivity contribution in [2.24, 2.45) is 0 Å². The molecule has 0 N–H and O–H groups in total. The third-order valence-electron chi connectivity index (χ3n) is 3.64. The van der Waals surface area contributed by atoms with Gasteiger partial charge < -0.3 is 0 Å². The molecule has 0 amide bonds. The number of halogens is 1. The maximum atomic E-state index is 13.2. The Bertz CT molecular complexity index is 732. The predicted molar refractivity (Wildman–Crippen MR) is 86.0 cm³/mol. The minimum absolute atomic E-state index is 0.148. The van der Waals surface area contributed by atoms with Crippen molar-refractivity contribution in [2.45, 2.75) is 12.6 Å². The number of pyridine rings is 1. The second-order valence-electron chi connectivity index (χ2n) is 5.33. The van der Waals surface area contributed by atoms with Gasteiger partial charge in [-0.2, -0.15) is 0 Å². The molecule has 0 saturated heterocycles. The Hall–Kier alpha value is -2.66. The number of hydrogen-bond donors (Lipinski definition) is 0. The molecule has 3 aromatic rings. The van der Waals surface area contributed by atoms with E-state index in [0.29, 0.717) is 12.4 Å². The highest BCUT2D eigenvalue weighted by molar-refractivity contribution is 5.26. The van der Waals surface area contributed by atoms with Gasteiger partial charge in [0.2, 0.25) is 0 Å². The first-order chi connectivity index (χ1) is 11.2. The van der Waals surface area contributed by atoms with Gasteiger partial charge in [-0.25, -0.2) is 14.4 Å². The summed E-state index contributed by atoms with van der Waals surface area (Å²) in [5, 5.41) is 0.